The molecule has 2 saturated carbocycles. The monoisotopic (exact) mass is 665 g/mol. The third kappa shape index (κ3) is 5.80. The van der Waals surface area contributed by atoms with Crippen molar-refractivity contribution in [3.8, 4) is 22.3 Å². The van der Waals surface area contributed by atoms with Gasteiger partial charge in [-0.05, 0) is 148 Å². The second kappa shape index (κ2) is 13.2. The zero-order valence-corrected chi connectivity index (χ0v) is 30.7. The molecule has 0 unspecified atom stereocenters. The lowest BCUT2D eigenvalue weighted by molar-refractivity contribution is 0.443. The van der Waals surface area contributed by atoms with E-state index in [-0.39, 0.29) is 5.41 Å². The molecule has 0 spiro atoms. The number of aryl methyl sites for hydroxylation is 1. The Labute approximate surface area is 305 Å². The Balaban J connectivity index is 1.14. The largest absolute Gasteiger partial charge is 0.310 e. The summed E-state index contributed by atoms with van der Waals surface area (Å²) >= 11 is 0. The van der Waals surface area contributed by atoms with Crippen molar-refractivity contribution >= 4 is 27.8 Å². The van der Waals surface area contributed by atoms with Crippen LogP contribution in [0.5, 0.6) is 0 Å². The molecule has 2 fully saturated rings. The Morgan fingerprint density at radius 2 is 1.12 bits per heavy atom. The molecule has 3 aliphatic rings. The number of benzene rings is 6. The van der Waals surface area contributed by atoms with Gasteiger partial charge in [0.2, 0.25) is 0 Å². The molecule has 0 saturated heterocycles. The van der Waals surface area contributed by atoms with E-state index in [0.717, 1.165) is 0 Å². The van der Waals surface area contributed by atoms with E-state index in [9.17, 15) is 0 Å². The first-order valence-corrected chi connectivity index (χ1v) is 19.7. The minimum atomic E-state index is -0.0569. The second-order valence-electron chi connectivity index (χ2n) is 16.3. The number of hydrogen-bond donors (Lipinski definition) is 0. The summed E-state index contributed by atoms with van der Waals surface area (Å²) in [5.74, 6) is 1.34. The van der Waals surface area contributed by atoms with Crippen LogP contribution in [0.3, 0.4) is 0 Å². The van der Waals surface area contributed by atoms with E-state index in [1.807, 2.05) is 0 Å². The van der Waals surface area contributed by atoms with Gasteiger partial charge in [-0.2, -0.15) is 0 Å². The quantitative estimate of drug-likeness (QED) is 0.171. The summed E-state index contributed by atoms with van der Waals surface area (Å²) in [5, 5.41) is 2.69. The molecule has 0 atom stereocenters. The van der Waals surface area contributed by atoms with E-state index >= 15 is 0 Å². The summed E-state index contributed by atoms with van der Waals surface area (Å²) in [6.45, 7) is 7.05. The van der Waals surface area contributed by atoms with Crippen LogP contribution >= 0.6 is 0 Å². The zero-order chi connectivity index (χ0) is 34.5. The van der Waals surface area contributed by atoms with Crippen molar-refractivity contribution in [3.63, 3.8) is 0 Å². The van der Waals surface area contributed by atoms with Crippen molar-refractivity contribution in [2.75, 3.05) is 4.90 Å². The maximum absolute atomic E-state index is 2.50. The van der Waals surface area contributed by atoms with E-state index in [0.29, 0.717) is 11.8 Å². The predicted molar refractivity (Wildman–Crippen MR) is 218 cm³/mol. The topological polar surface area (TPSA) is 3.24 Å². The molecule has 0 aliphatic heterocycles. The van der Waals surface area contributed by atoms with Crippen LogP contribution in [0.4, 0.5) is 17.1 Å². The first-order valence-electron chi connectivity index (χ1n) is 19.7. The zero-order valence-electron chi connectivity index (χ0n) is 30.7. The van der Waals surface area contributed by atoms with Gasteiger partial charge in [-0.25, -0.2) is 0 Å². The van der Waals surface area contributed by atoms with Gasteiger partial charge in [0, 0.05) is 22.5 Å². The van der Waals surface area contributed by atoms with Crippen LogP contribution < -0.4 is 4.90 Å². The summed E-state index contributed by atoms with van der Waals surface area (Å²) in [5.41, 5.74) is 16.4. The third-order valence-corrected chi connectivity index (χ3v) is 12.8. The van der Waals surface area contributed by atoms with Gasteiger partial charge in [-0.3, -0.25) is 0 Å². The first-order chi connectivity index (χ1) is 25.0. The van der Waals surface area contributed by atoms with Gasteiger partial charge in [0.25, 0.3) is 0 Å². The molecule has 0 bridgehead atoms. The van der Waals surface area contributed by atoms with Gasteiger partial charge in [0.1, 0.15) is 0 Å². The highest BCUT2D eigenvalue weighted by Crippen LogP contribution is 2.52. The molecule has 6 aromatic rings. The SMILES string of the molecule is Cc1cccc2c1-c1ccc(N(c3ccc(-c4cc5ccccc5cc4C4CCCCC4)cc3)c3ccc(C4CCCCC4)cc3)cc1C2(C)C. The molecule has 3 aliphatic carbocycles. The number of anilines is 3. The van der Waals surface area contributed by atoms with Gasteiger partial charge in [0.05, 0.1) is 0 Å². The fraction of sp³-hybridized carbons (Fsp3) is 0.320. The van der Waals surface area contributed by atoms with Gasteiger partial charge in [-0.1, -0.05) is 131 Å². The van der Waals surface area contributed by atoms with Crippen molar-refractivity contribution in [2.45, 2.75) is 102 Å². The molecule has 6 aromatic carbocycles. The lowest BCUT2D eigenvalue weighted by Crippen LogP contribution is -2.16. The fourth-order valence-corrected chi connectivity index (χ4v) is 9.93. The summed E-state index contributed by atoms with van der Waals surface area (Å²) in [7, 11) is 0. The molecule has 256 valence electrons. The van der Waals surface area contributed by atoms with Crippen molar-refractivity contribution in [1.82, 2.24) is 0 Å². The molecule has 0 radical (unpaired) electrons. The third-order valence-electron chi connectivity index (χ3n) is 12.8. The van der Waals surface area contributed by atoms with E-state index in [4.69, 9.17) is 0 Å². The predicted octanol–water partition coefficient (Wildman–Crippen LogP) is 14.7. The molecule has 51 heavy (non-hydrogen) atoms. The van der Waals surface area contributed by atoms with Crippen LogP contribution in [-0.2, 0) is 5.41 Å². The summed E-state index contributed by atoms with van der Waals surface area (Å²) in [6, 6.07) is 46.9. The Bertz CT molecular complexity index is 2190. The van der Waals surface area contributed by atoms with Crippen molar-refractivity contribution in [1.29, 1.82) is 0 Å². The minimum absolute atomic E-state index is 0.0569. The number of fused-ring (bicyclic) bond motifs is 4. The lowest BCUT2D eigenvalue weighted by atomic mass is 9.80. The van der Waals surface area contributed by atoms with Gasteiger partial charge in [-0.15, -0.1) is 0 Å². The van der Waals surface area contributed by atoms with Crippen LogP contribution in [0, 0.1) is 6.92 Å². The lowest BCUT2D eigenvalue weighted by Gasteiger charge is -2.29. The molecule has 0 amide bonds. The second-order valence-corrected chi connectivity index (χ2v) is 16.3. The first kappa shape index (κ1) is 32.3. The smallest absolute Gasteiger partial charge is 0.0465 e. The molecular formula is C50H51N. The Morgan fingerprint density at radius 3 is 1.80 bits per heavy atom. The summed E-state index contributed by atoms with van der Waals surface area (Å²) < 4.78 is 0. The van der Waals surface area contributed by atoms with Crippen LogP contribution in [0.15, 0.2) is 121 Å². The van der Waals surface area contributed by atoms with Gasteiger partial charge < -0.3 is 4.90 Å². The summed E-state index contributed by atoms with van der Waals surface area (Å²) in [4.78, 5) is 2.49. The van der Waals surface area contributed by atoms with Crippen molar-refractivity contribution in [3.05, 3.63) is 149 Å². The Morgan fingerprint density at radius 1 is 0.510 bits per heavy atom. The van der Waals surface area contributed by atoms with Crippen molar-refractivity contribution < 1.29 is 0 Å². The molecule has 1 nitrogen and oxygen atoms in total. The highest BCUT2D eigenvalue weighted by molar-refractivity contribution is 5.91. The van der Waals surface area contributed by atoms with Crippen LogP contribution in [0.1, 0.15) is 118 Å². The molecule has 1 heteroatoms. The van der Waals surface area contributed by atoms with Gasteiger partial charge in [0.15, 0.2) is 0 Å². The van der Waals surface area contributed by atoms with E-state index in [2.05, 4.69) is 147 Å². The Kier molecular flexibility index (Phi) is 8.34. The average Bonchev–Trinajstić information content (AvgIpc) is 3.42. The highest BCUT2D eigenvalue weighted by Gasteiger charge is 2.36. The van der Waals surface area contributed by atoms with E-state index in [1.165, 1.54) is 142 Å². The normalized spacial score (nSPS) is 17.3. The van der Waals surface area contributed by atoms with Gasteiger partial charge >= 0.3 is 0 Å². The maximum Gasteiger partial charge on any atom is 0.0465 e. The van der Waals surface area contributed by atoms with E-state index in [1.54, 1.807) is 0 Å². The van der Waals surface area contributed by atoms with Crippen LogP contribution in [0.25, 0.3) is 33.0 Å². The summed E-state index contributed by atoms with van der Waals surface area (Å²) in [6.07, 6.45) is 13.4. The molecule has 0 heterocycles. The Hall–Kier alpha value is -4.62. The molecule has 9 rings (SSSR count). The van der Waals surface area contributed by atoms with Crippen LogP contribution in [0.2, 0.25) is 0 Å². The number of rotatable bonds is 6. The molecule has 0 N–H and O–H groups in total. The average molecular weight is 666 g/mol. The number of nitrogens with zero attached hydrogens (tertiary/aromatic N) is 1. The minimum Gasteiger partial charge on any atom is -0.310 e. The van der Waals surface area contributed by atoms with Crippen LogP contribution in [-0.4, -0.2) is 0 Å². The van der Waals surface area contributed by atoms with Crippen molar-refractivity contribution in [2.24, 2.45) is 0 Å². The fourth-order valence-electron chi connectivity index (χ4n) is 9.93. The molecular weight excluding hydrogens is 615 g/mol. The number of hydrogen-bond acceptors (Lipinski definition) is 1. The maximum atomic E-state index is 2.50. The molecule has 0 aromatic heterocycles. The van der Waals surface area contributed by atoms with E-state index < -0.39 is 0 Å². The highest BCUT2D eigenvalue weighted by atomic mass is 15.1. The standard InChI is InChI=1S/C50H51N/c1-34-13-12-20-47-49(34)44-30-29-43(33-48(44)50(47,2)3)51(41-25-21-36(22-26-41)35-14-6-4-7-15-35)42-27-23-38(24-28-42)46-32-40-19-11-10-18-39(40)31-45(46)37-16-8-5-9-17-37/h10-13,18-33,35,37H,4-9,14-17H2,1-3H3.